The third-order valence-corrected chi connectivity index (χ3v) is 6.16. The van der Waals surface area contributed by atoms with E-state index in [-0.39, 0.29) is 43.9 Å². The lowest BCUT2D eigenvalue weighted by atomic mass is 9.89. The molecule has 1 saturated carbocycles. The predicted molar refractivity (Wildman–Crippen MR) is 111 cm³/mol. The molecular weight excluding hydrogens is 407 g/mol. The summed E-state index contributed by atoms with van der Waals surface area (Å²) in [5, 5.41) is 3.01. The lowest BCUT2D eigenvalue weighted by Gasteiger charge is -2.35. The summed E-state index contributed by atoms with van der Waals surface area (Å²) in [5.41, 5.74) is 2.26. The molecule has 154 valence electrons. The predicted octanol–water partition coefficient (Wildman–Crippen LogP) is 3.20. The Morgan fingerprint density at radius 1 is 1.10 bits per heavy atom. The van der Waals surface area contributed by atoms with E-state index in [0.717, 1.165) is 18.4 Å². The number of carbonyl (C=O) groups is 2. The van der Waals surface area contributed by atoms with Crippen LogP contribution >= 0.6 is 12.4 Å². The van der Waals surface area contributed by atoms with Gasteiger partial charge in [-0.3, -0.25) is 14.5 Å². The number of nitrogens with zero attached hydrogens (tertiary/aromatic N) is 3. The van der Waals surface area contributed by atoms with Crippen LogP contribution in [0.5, 0.6) is 0 Å². The van der Waals surface area contributed by atoms with Gasteiger partial charge in [0.2, 0.25) is 0 Å². The van der Waals surface area contributed by atoms with E-state index in [1.165, 1.54) is 4.90 Å². The third-order valence-electron chi connectivity index (χ3n) is 6.16. The van der Waals surface area contributed by atoms with Crippen molar-refractivity contribution < 1.29 is 14.0 Å². The average molecular weight is 427 g/mol. The van der Waals surface area contributed by atoms with Gasteiger partial charge in [-0.1, -0.05) is 12.1 Å². The second-order valence-corrected chi connectivity index (χ2v) is 8.24. The van der Waals surface area contributed by atoms with Crippen LogP contribution in [0.2, 0.25) is 0 Å². The van der Waals surface area contributed by atoms with E-state index in [4.69, 9.17) is 0 Å². The van der Waals surface area contributed by atoms with Gasteiger partial charge in [0.05, 0.1) is 23.4 Å². The molecule has 2 amide bonds. The number of imidazole rings is 1. The lowest BCUT2D eigenvalue weighted by molar-refractivity contribution is 0.0640. The number of rotatable bonds is 4. The first-order valence-corrected chi connectivity index (χ1v) is 9.90. The molecule has 2 fully saturated rings. The van der Waals surface area contributed by atoms with E-state index in [1.54, 1.807) is 24.3 Å². The number of nitrogens with one attached hydrogen (secondary N) is 1. The monoisotopic (exact) mass is 426 g/mol. The zero-order valence-corrected chi connectivity index (χ0v) is 16.9. The Kier molecular flexibility index (Phi) is 4.24. The second-order valence-electron chi connectivity index (χ2n) is 8.24. The van der Waals surface area contributed by atoms with Crippen LogP contribution in [0, 0.1) is 0 Å². The molecule has 6 nitrogen and oxygen atoms in total. The van der Waals surface area contributed by atoms with E-state index < -0.39 is 5.67 Å². The quantitative estimate of drug-likeness (QED) is 0.651. The van der Waals surface area contributed by atoms with Crippen molar-refractivity contribution in [2.75, 3.05) is 13.1 Å². The molecule has 1 N–H and O–H groups in total. The third kappa shape index (κ3) is 2.76. The Labute approximate surface area is 178 Å². The number of carbonyl (C=O) groups excluding carboxylic acids is 2. The standard InChI is InChI=1S/C22H19FN4O2.ClH/c23-22(11-24-12-22)18-7-14(13-5-6-13)8-26-9-15(25-19(18)26)10-27-20(28)16-3-1-2-4-17(16)21(27)29;/h1-4,7-9,13,24H,5-6,10-12H2;1H. The summed E-state index contributed by atoms with van der Waals surface area (Å²) in [6.07, 6.45) is 6.06. The van der Waals surface area contributed by atoms with Gasteiger partial charge in [0, 0.05) is 31.0 Å². The van der Waals surface area contributed by atoms with Crippen LogP contribution in [0.25, 0.3) is 5.65 Å². The van der Waals surface area contributed by atoms with E-state index in [2.05, 4.69) is 10.3 Å². The molecule has 8 heteroatoms. The summed E-state index contributed by atoms with van der Waals surface area (Å²) in [6, 6.07) is 8.77. The average Bonchev–Trinajstić information content (AvgIpc) is 3.43. The molecule has 1 aliphatic carbocycles. The highest BCUT2D eigenvalue weighted by molar-refractivity contribution is 6.21. The highest BCUT2D eigenvalue weighted by atomic mass is 35.5. The molecule has 0 radical (unpaired) electrons. The number of imide groups is 1. The van der Waals surface area contributed by atoms with Gasteiger partial charge in [-0.2, -0.15) is 0 Å². The molecular formula is C22H20ClFN4O2. The molecule has 1 aromatic carbocycles. The zero-order valence-electron chi connectivity index (χ0n) is 16.1. The van der Waals surface area contributed by atoms with Gasteiger partial charge >= 0.3 is 0 Å². The van der Waals surface area contributed by atoms with Crippen molar-refractivity contribution in [2.24, 2.45) is 0 Å². The maximum Gasteiger partial charge on any atom is 0.261 e. The molecule has 2 aliphatic heterocycles. The molecule has 3 aromatic rings. The Bertz CT molecular complexity index is 1160. The van der Waals surface area contributed by atoms with Crippen molar-refractivity contribution in [3.05, 3.63) is 70.7 Å². The van der Waals surface area contributed by atoms with Gasteiger partial charge < -0.3 is 9.72 Å². The van der Waals surface area contributed by atoms with Gasteiger partial charge in [-0.25, -0.2) is 9.37 Å². The van der Waals surface area contributed by atoms with Crippen LogP contribution < -0.4 is 5.32 Å². The Balaban J connectivity index is 0.00000193. The number of fused-ring (bicyclic) bond motifs is 2. The van der Waals surface area contributed by atoms with Gasteiger partial charge in [0.15, 0.2) is 5.67 Å². The highest BCUT2D eigenvalue weighted by Crippen LogP contribution is 2.43. The van der Waals surface area contributed by atoms with Crippen molar-refractivity contribution in [3.8, 4) is 0 Å². The number of aromatic nitrogens is 2. The Morgan fingerprint density at radius 3 is 2.33 bits per heavy atom. The smallest absolute Gasteiger partial charge is 0.261 e. The van der Waals surface area contributed by atoms with E-state index in [0.29, 0.717) is 33.9 Å². The van der Waals surface area contributed by atoms with Crippen LogP contribution in [-0.2, 0) is 12.2 Å². The normalized spacial score (nSPS) is 19.6. The first-order valence-electron chi connectivity index (χ1n) is 9.90. The number of hydrogen-bond donors (Lipinski definition) is 1. The fourth-order valence-electron chi connectivity index (χ4n) is 4.30. The van der Waals surface area contributed by atoms with E-state index in [9.17, 15) is 9.59 Å². The molecule has 2 aromatic heterocycles. The molecule has 0 bridgehead atoms. The number of halogens is 2. The Hall–Kier alpha value is -2.77. The summed E-state index contributed by atoms with van der Waals surface area (Å²) in [7, 11) is 0. The molecule has 0 atom stereocenters. The number of benzene rings is 1. The lowest BCUT2D eigenvalue weighted by Crippen LogP contribution is -2.53. The zero-order chi connectivity index (χ0) is 19.8. The first kappa shape index (κ1) is 19.2. The minimum Gasteiger partial charge on any atom is -0.310 e. The maximum absolute atomic E-state index is 15.3. The van der Waals surface area contributed by atoms with Crippen LogP contribution in [0.1, 0.15) is 56.3 Å². The molecule has 3 aliphatic rings. The van der Waals surface area contributed by atoms with Gasteiger partial charge in [0.1, 0.15) is 5.65 Å². The van der Waals surface area contributed by atoms with Crippen molar-refractivity contribution in [2.45, 2.75) is 31.0 Å². The number of pyridine rings is 1. The minimum atomic E-state index is -1.43. The van der Waals surface area contributed by atoms with E-state index in [1.807, 2.05) is 22.9 Å². The number of amides is 2. The van der Waals surface area contributed by atoms with Crippen LogP contribution in [0.4, 0.5) is 4.39 Å². The summed E-state index contributed by atoms with van der Waals surface area (Å²) >= 11 is 0. The SMILES string of the molecule is Cl.O=C1c2ccccc2C(=O)N1Cc1cn2cc(C3CC3)cc(C3(F)CNC3)c2n1. The Morgan fingerprint density at radius 2 is 1.77 bits per heavy atom. The van der Waals surface area contributed by atoms with Crippen molar-refractivity contribution in [3.63, 3.8) is 0 Å². The van der Waals surface area contributed by atoms with Gasteiger partial charge in [-0.05, 0) is 42.5 Å². The van der Waals surface area contributed by atoms with Crippen molar-refractivity contribution in [1.29, 1.82) is 0 Å². The molecule has 1 saturated heterocycles. The van der Waals surface area contributed by atoms with Crippen LogP contribution in [-0.4, -0.2) is 39.2 Å². The van der Waals surface area contributed by atoms with Gasteiger partial charge in [0.25, 0.3) is 11.8 Å². The van der Waals surface area contributed by atoms with Crippen molar-refractivity contribution >= 4 is 29.9 Å². The molecule has 0 unspecified atom stereocenters. The number of hydrogen-bond acceptors (Lipinski definition) is 4. The van der Waals surface area contributed by atoms with Crippen molar-refractivity contribution in [1.82, 2.24) is 19.6 Å². The summed E-state index contributed by atoms with van der Waals surface area (Å²) in [6.45, 7) is 0.624. The second kappa shape index (κ2) is 6.62. The van der Waals surface area contributed by atoms with Gasteiger partial charge in [-0.15, -0.1) is 12.4 Å². The highest BCUT2D eigenvalue weighted by Gasteiger charge is 2.42. The summed E-state index contributed by atoms with van der Waals surface area (Å²) in [5.74, 6) is -0.143. The first-order chi connectivity index (χ1) is 14.0. The molecule has 30 heavy (non-hydrogen) atoms. The fourth-order valence-corrected chi connectivity index (χ4v) is 4.30. The minimum absolute atomic E-state index is 0. The summed E-state index contributed by atoms with van der Waals surface area (Å²) < 4.78 is 17.2. The molecule has 0 spiro atoms. The number of alkyl halides is 1. The van der Waals surface area contributed by atoms with Crippen LogP contribution in [0.15, 0.2) is 42.7 Å². The van der Waals surface area contributed by atoms with Crippen LogP contribution in [0.3, 0.4) is 0 Å². The fraction of sp³-hybridized carbons (Fsp3) is 0.318. The van der Waals surface area contributed by atoms with E-state index >= 15 is 4.39 Å². The molecule has 6 rings (SSSR count). The topological polar surface area (TPSA) is 66.7 Å². The largest absolute Gasteiger partial charge is 0.310 e. The summed E-state index contributed by atoms with van der Waals surface area (Å²) in [4.78, 5) is 31.2. The maximum atomic E-state index is 15.3. The molecule has 4 heterocycles.